The number of rotatable bonds is 7. The van der Waals surface area contributed by atoms with Crippen molar-refractivity contribution in [3.63, 3.8) is 0 Å². The molecule has 2 aromatic rings. The molecule has 3 N–H and O–H groups in total. The Kier molecular flexibility index (Phi) is 7.89. The van der Waals surface area contributed by atoms with Crippen molar-refractivity contribution in [1.29, 1.82) is 0 Å². The number of hydrogen-bond donors (Lipinski definition) is 3. The third kappa shape index (κ3) is 6.63. The lowest BCUT2D eigenvalue weighted by Crippen LogP contribution is -2.52. The van der Waals surface area contributed by atoms with E-state index in [9.17, 15) is 22.8 Å². The lowest BCUT2D eigenvalue weighted by Gasteiger charge is -2.18. The summed E-state index contributed by atoms with van der Waals surface area (Å²) in [5.74, 6) is -1.82. The molecule has 0 heterocycles. The van der Waals surface area contributed by atoms with Crippen LogP contribution in [-0.2, 0) is 19.6 Å². The van der Waals surface area contributed by atoms with Crippen LogP contribution in [0.1, 0.15) is 28.4 Å². The molecule has 0 aliphatic heterocycles. The third-order valence-electron chi connectivity index (χ3n) is 4.44. The van der Waals surface area contributed by atoms with E-state index >= 15 is 0 Å². The quantitative estimate of drug-likeness (QED) is 0.545. The van der Waals surface area contributed by atoms with E-state index in [2.05, 4.69) is 16.2 Å². The van der Waals surface area contributed by atoms with Gasteiger partial charge in [-0.15, -0.1) is 0 Å². The Morgan fingerprint density at radius 1 is 0.968 bits per heavy atom. The second-order valence-electron chi connectivity index (χ2n) is 7.18. The number of amides is 3. The van der Waals surface area contributed by atoms with Crippen LogP contribution in [0.5, 0.6) is 0 Å². The van der Waals surface area contributed by atoms with Crippen molar-refractivity contribution in [3.05, 3.63) is 65.2 Å². The predicted molar refractivity (Wildman–Crippen MR) is 115 cm³/mol. The first-order valence-electron chi connectivity index (χ1n) is 9.50. The molecule has 0 bridgehead atoms. The fourth-order valence-electron chi connectivity index (χ4n) is 2.59. The normalized spacial score (nSPS) is 12.2. The summed E-state index contributed by atoms with van der Waals surface area (Å²) in [4.78, 5) is 36.5. The highest BCUT2D eigenvalue weighted by molar-refractivity contribution is 7.89. The number of benzene rings is 2. The fraction of sp³-hybridized carbons (Fsp3) is 0.286. The first-order chi connectivity index (χ1) is 14.5. The molecule has 166 valence electrons. The monoisotopic (exact) mass is 446 g/mol. The largest absolute Gasteiger partial charge is 0.340 e. The third-order valence-corrected chi connectivity index (χ3v) is 6.26. The summed E-state index contributed by atoms with van der Waals surface area (Å²) in [6, 6.07) is 12.2. The molecule has 9 nitrogen and oxygen atoms in total. The Morgan fingerprint density at radius 2 is 1.61 bits per heavy atom. The number of carbonyl (C=O) groups excluding carboxylic acids is 3. The van der Waals surface area contributed by atoms with Crippen LogP contribution in [0.2, 0.25) is 0 Å². The average Bonchev–Trinajstić information content (AvgIpc) is 2.72. The molecule has 0 spiro atoms. The number of hydrazine groups is 1. The molecular weight excluding hydrogens is 420 g/mol. The average molecular weight is 447 g/mol. The summed E-state index contributed by atoms with van der Waals surface area (Å²) in [5, 5.41) is 2.53. The van der Waals surface area contributed by atoms with Gasteiger partial charge in [-0.2, -0.15) is 4.31 Å². The van der Waals surface area contributed by atoms with E-state index in [-0.39, 0.29) is 4.90 Å². The van der Waals surface area contributed by atoms with Gasteiger partial charge in [0, 0.05) is 12.6 Å². The van der Waals surface area contributed by atoms with Crippen LogP contribution < -0.4 is 16.2 Å². The first kappa shape index (κ1) is 24.0. The second-order valence-corrected chi connectivity index (χ2v) is 9.22. The van der Waals surface area contributed by atoms with E-state index in [1.165, 1.54) is 26.1 Å². The fourth-order valence-corrected chi connectivity index (χ4v) is 3.72. The first-order valence-corrected chi connectivity index (χ1v) is 10.9. The number of nitrogens with one attached hydrogen (secondary N) is 3. The molecule has 2 rings (SSSR count). The van der Waals surface area contributed by atoms with Gasteiger partial charge in [0.1, 0.15) is 6.04 Å². The molecule has 3 amide bonds. The number of sulfonamides is 1. The molecule has 0 saturated carbocycles. The summed E-state index contributed by atoms with van der Waals surface area (Å²) in [7, 11) is -2.59. The smallest absolute Gasteiger partial charge is 0.260 e. The maximum absolute atomic E-state index is 12.5. The Hall–Kier alpha value is -3.24. The Balaban J connectivity index is 1.86. The molecule has 0 aliphatic rings. The zero-order chi connectivity index (χ0) is 23.2. The van der Waals surface area contributed by atoms with Gasteiger partial charge in [-0.25, -0.2) is 8.42 Å². The number of hydrogen-bond acceptors (Lipinski definition) is 5. The molecule has 0 aromatic heterocycles. The van der Waals surface area contributed by atoms with Crippen LogP contribution in [0.25, 0.3) is 0 Å². The SMILES string of the molecule is Cc1ccc(S(=O)(=O)N(C)CC(=O)NNC(=O)[C@H](C)NC(=O)c2cccc(C)c2)cc1. The minimum atomic E-state index is -3.85. The molecule has 10 heteroatoms. The van der Waals surface area contributed by atoms with Gasteiger partial charge in [0.05, 0.1) is 11.4 Å². The van der Waals surface area contributed by atoms with Gasteiger partial charge >= 0.3 is 0 Å². The molecule has 0 radical (unpaired) electrons. The standard InChI is InChI=1S/C21H26N4O5S/c1-14-8-10-18(11-9-14)31(29,30)25(4)13-19(26)23-24-20(27)16(3)22-21(28)17-7-5-6-15(2)12-17/h5-12,16H,13H2,1-4H3,(H,22,28)(H,23,26)(H,24,27)/t16-/m0/s1. The van der Waals surface area contributed by atoms with Crippen molar-refractivity contribution in [3.8, 4) is 0 Å². The molecule has 31 heavy (non-hydrogen) atoms. The molecule has 0 aliphatic carbocycles. The van der Waals surface area contributed by atoms with Crippen molar-refractivity contribution in [1.82, 2.24) is 20.5 Å². The molecule has 1 atom stereocenters. The second kappa shape index (κ2) is 10.2. The van der Waals surface area contributed by atoms with Crippen molar-refractivity contribution < 1.29 is 22.8 Å². The van der Waals surface area contributed by atoms with Gasteiger partial charge in [-0.3, -0.25) is 25.2 Å². The predicted octanol–water partition coefficient (Wildman–Crippen LogP) is 0.890. The van der Waals surface area contributed by atoms with Crippen molar-refractivity contribution in [2.24, 2.45) is 0 Å². The summed E-state index contributed by atoms with van der Waals surface area (Å²) >= 11 is 0. The number of carbonyl (C=O) groups is 3. The highest BCUT2D eigenvalue weighted by Gasteiger charge is 2.23. The molecule has 0 unspecified atom stereocenters. The number of aryl methyl sites for hydroxylation is 2. The van der Waals surface area contributed by atoms with Crippen molar-refractivity contribution in [2.75, 3.05) is 13.6 Å². The topological polar surface area (TPSA) is 125 Å². The van der Waals surface area contributed by atoms with Crippen molar-refractivity contribution >= 4 is 27.7 Å². The van der Waals surface area contributed by atoms with E-state index in [0.717, 1.165) is 15.4 Å². The van der Waals surface area contributed by atoms with Gasteiger partial charge < -0.3 is 5.32 Å². The van der Waals surface area contributed by atoms with E-state index in [4.69, 9.17) is 0 Å². The Labute approximate surface area is 181 Å². The number of likely N-dealkylation sites (N-methyl/N-ethyl adjacent to an activating group) is 1. The summed E-state index contributed by atoms with van der Waals surface area (Å²) in [5.41, 5.74) is 6.55. The maximum atomic E-state index is 12.5. The van der Waals surface area contributed by atoms with Gasteiger partial charge in [0.2, 0.25) is 10.0 Å². The van der Waals surface area contributed by atoms with Gasteiger partial charge in [0.25, 0.3) is 17.7 Å². The maximum Gasteiger partial charge on any atom is 0.260 e. The summed E-state index contributed by atoms with van der Waals surface area (Å²) < 4.78 is 25.9. The molecule has 0 saturated heterocycles. The minimum Gasteiger partial charge on any atom is -0.340 e. The summed E-state index contributed by atoms with van der Waals surface area (Å²) in [6.07, 6.45) is 0. The zero-order valence-electron chi connectivity index (χ0n) is 17.8. The van der Waals surface area contributed by atoms with E-state index in [0.29, 0.717) is 5.56 Å². The highest BCUT2D eigenvalue weighted by atomic mass is 32.2. The number of nitrogens with zero attached hydrogens (tertiary/aromatic N) is 1. The molecule has 0 fully saturated rings. The van der Waals surface area contributed by atoms with E-state index < -0.39 is 40.3 Å². The van der Waals surface area contributed by atoms with Crippen LogP contribution in [0, 0.1) is 13.8 Å². The van der Waals surface area contributed by atoms with Crippen molar-refractivity contribution in [2.45, 2.75) is 31.7 Å². The highest BCUT2D eigenvalue weighted by Crippen LogP contribution is 2.14. The van der Waals surface area contributed by atoms with Crippen LogP contribution in [0.15, 0.2) is 53.4 Å². The molecular formula is C21H26N4O5S. The van der Waals surface area contributed by atoms with E-state index in [1.807, 2.05) is 19.9 Å². The van der Waals surface area contributed by atoms with Gasteiger partial charge in [0.15, 0.2) is 0 Å². The lowest BCUT2D eigenvalue weighted by atomic mass is 10.1. The van der Waals surface area contributed by atoms with E-state index in [1.54, 1.807) is 30.3 Å². The minimum absolute atomic E-state index is 0.0601. The Bertz CT molecular complexity index is 1070. The van der Waals surface area contributed by atoms with Crippen LogP contribution in [0.3, 0.4) is 0 Å². The van der Waals surface area contributed by atoms with Crippen LogP contribution in [0.4, 0.5) is 0 Å². The Morgan fingerprint density at radius 3 is 2.23 bits per heavy atom. The lowest BCUT2D eigenvalue weighted by molar-refractivity contribution is -0.129. The van der Waals surface area contributed by atoms with Crippen LogP contribution in [-0.4, -0.2) is 50.1 Å². The molecule has 2 aromatic carbocycles. The summed E-state index contributed by atoms with van der Waals surface area (Å²) in [6.45, 7) is 4.64. The zero-order valence-corrected chi connectivity index (χ0v) is 18.6. The van der Waals surface area contributed by atoms with Crippen LogP contribution >= 0.6 is 0 Å². The van der Waals surface area contributed by atoms with Gasteiger partial charge in [-0.1, -0.05) is 35.4 Å². The van der Waals surface area contributed by atoms with Gasteiger partial charge in [-0.05, 0) is 45.0 Å².